The number of ether oxygens (including phenoxy) is 4. The van der Waals surface area contributed by atoms with E-state index in [4.69, 9.17) is 23.8 Å². The topological polar surface area (TPSA) is 118 Å². The molecular formula is C29H42O9. The van der Waals surface area contributed by atoms with Crippen molar-refractivity contribution in [3.63, 3.8) is 0 Å². The molecule has 0 bridgehead atoms. The van der Waals surface area contributed by atoms with Crippen LogP contribution in [0.3, 0.4) is 0 Å². The average molecular weight is 535 g/mol. The highest BCUT2D eigenvalue weighted by molar-refractivity contribution is 5.72. The van der Waals surface area contributed by atoms with Crippen LogP contribution in [0.2, 0.25) is 0 Å². The van der Waals surface area contributed by atoms with Crippen LogP contribution in [0.5, 0.6) is 0 Å². The summed E-state index contributed by atoms with van der Waals surface area (Å²) in [6.45, 7) is 18.4. The zero-order chi connectivity index (χ0) is 28.4. The monoisotopic (exact) mass is 534 g/mol. The lowest BCUT2D eigenvalue weighted by atomic mass is 9.45. The van der Waals surface area contributed by atoms with Crippen molar-refractivity contribution in [2.75, 3.05) is 0 Å². The molecule has 0 aromatic rings. The standard InChI is InChI=1S/C29H42O9/c1-9-16(3)11-12-28(8)18(5)13-24(38-33)29-22(26(34-19(6)30)37-27(29)35-20(7)31)14-21(15-23(28)29)36-25(32)17(4)10-2/h9,14,17-18,21,23-24,26-27,33H,1,3,10-13,15H2,2,4-8H3/t17?,18-,21+,23?,24+,26+,27-,28-,29?/m0/s1. The van der Waals surface area contributed by atoms with Crippen molar-refractivity contribution in [2.45, 2.75) is 98.4 Å². The third kappa shape index (κ3) is 5.33. The van der Waals surface area contributed by atoms with Crippen LogP contribution >= 0.6 is 0 Å². The number of carbonyl (C=O) groups excluding carboxylic acids is 3. The molecule has 3 aliphatic rings. The predicted octanol–water partition coefficient (Wildman–Crippen LogP) is 5.11. The Bertz CT molecular complexity index is 987. The van der Waals surface area contributed by atoms with Gasteiger partial charge < -0.3 is 14.2 Å². The molecular weight excluding hydrogens is 492 g/mol. The summed E-state index contributed by atoms with van der Waals surface area (Å²) in [5, 5.41) is 10.2. The molecule has 1 N–H and O–H groups in total. The molecule has 1 saturated carbocycles. The third-order valence-electron chi connectivity index (χ3n) is 9.05. The molecule has 3 rings (SSSR count). The fourth-order valence-corrected chi connectivity index (χ4v) is 6.54. The lowest BCUT2D eigenvalue weighted by Crippen LogP contribution is -2.63. The highest BCUT2D eigenvalue weighted by Crippen LogP contribution is 2.67. The molecule has 1 saturated heterocycles. The summed E-state index contributed by atoms with van der Waals surface area (Å²) in [6, 6.07) is 0. The highest BCUT2D eigenvalue weighted by Gasteiger charge is 2.72. The molecule has 1 aliphatic heterocycles. The molecule has 0 amide bonds. The second-order valence-electron chi connectivity index (χ2n) is 11.2. The quantitative estimate of drug-likeness (QED) is 0.102. The fourth-order valence-electron chi connectivity index (χ4n) is 6.54. The van der Waals surface area contributed by atoms with E-state index in [1.165, 1.54) is 13.8 Å². The van der Waals surface area contributed by atoms with Gasteiger partial charge in [-0.25, -0.2) is 4.89 Å². The van der Waals surface area contributed by atoms with Gasteiger partial charge in [-0.3, -0.25) is 24.4 Å². The molecule has 38 heavy (non-hydrogen) atoms. The van der Waals surface area contributed by atoms with Crippen molar-refractivity contribution in [3.8, 4) is 0 Å². The molecule has 2 fully saturated rings. The van der Waals surface area contributed by atoms with Crippen LogP contribution in [0, 0.1) is 28.6 Å². The molecule has 212 valence electrons. The summed E-state index contributed by atoms with van der Waals surface area (Å²) < 4.78 is 23.3. The first kappa shape index (κ1) is 30.1. The zero-order valence-corrected chi connectivity index (χ0v) is 23.4. The third-order valence-corrected chi connectivity index (χ3v) is 9.05. The van der Waals surface area contributed by atoms with Crippen molar-refractivity contribution in [1.82, 2.24) is 0 Å². The van der Waals surface area contributed by atoms with E-state index in [2.05, 4.69) is 27.0 Å². The van der Waals surface area contributed by atoms with Crippen molar-refractivity contribution in [2.24, 2.45) is 28.6 Å². The van der Waals surface area contributed by atoms with Crippen molar-refractivity contribution >= 4 is 17.9 Å². The van der Waals surface area contributed by atoms with Gasteiger partial charge in [-0.15, -0.1) is 0 Å². The number of allylic oxidation sites excluding steroid dienone is 2. The van der Waals surface area contributed by atoms with E-state index in [0.29, 0.717) is 37.7 Å². The zero-order valence-electron chi connectivity index (χ0n) is 23.4. The van der Waals surface area contributed by atoms with E-state index in [1.54, 1.807) is 12.2 Å². The van der Waals surface area contributed by atoms with Crippen molar-refractivity contribution < 1.29 is 43.5 Å². The van der Waals surface area contributed by atoms with Gasteiger partial charge in [0, 0.05) is 19.4 Å². The maximum atomic E-state index is 12.8. The number of esters is 3. The molecule has 0 aromatic heterocycles. The van der Waals surface area contributed by atoms with Gasteiger partial charge in [0.15, 0.2) is 0 Å². The summed E-state index contributed by atoms with van der Waals surface area (Å²) >= 11 is 0. The summed E-state index contributed by atoms with van der Waals surface area (Å²) in [7, 11) is 0. The van der Waals surface area contributed by atoms with E-state index >= 15 is 0 Å². The first-order chi connectivity index (χ1) is 17.8. The molecule has 0 radical (unpaired) electrons. The smallest absolute Gasteiger partial charge is 0.309 e. The first-order valence-corrected chi connectivity index (χ1v) is 13.4. The lowest BCUT2D eigenvalue weighted by molar-refractivity contribution is -0.349. The largest absolute Gasteiger partial charge is 0.458 e. The second-order valence-corrected chi connectivity index (χ2v) is 11.2. The second kappa shape index (κ2) is 11.7. The SMILES string of the molecule is C=CC(=C)CC[C@]1(C)C2C[C@H](OC(=O)C(C)CC)C=C3[C@H](OC(C)=O)O[C@H](OC(C)=O)C32[C@H](OO)C[C@@H]1C. The Balaban J connectivity index is 2.22. The Morgan fingerprint density at radius 1 is 1.21 bits per heavy atom. The molecule has 9 atom stereocenters. The Morgan fingerprint density at radius 2 is 1.87 bits per heavy atom. The molecule has 3 unspecified atom stereocenters. The maximum absolute atomic E-state index is 12.8. The van der Waals surface area contributed by atoms with Crippen LogP contribution in [0.4, 0.5) is 0 Å². The number of hydrogen-bond donors (Lipinski definition) is 1. The van der Waals surface area contributed by atoms with E-state index in [0.717, 1.165) is 5.57 Å². The Labute approximate surface area is 225 Å². The van der Waals surface area contributed by atoms with Crippen LogP contribution in [0.15, 0.2) is 36.5 Å². The Morgan fingerprint density at radius 3 is 2.42 bits per heavy atom. The first-order valence-electron chi connectivity index (χ1n) is 13.4. The van der Waals surface area contributed by atoms with Gasteiger partial charge in [0.05, 0.1) is 11.3 Å². The highest BCUT2D eigenvalue weighted by atomic mass is 17.1. The Hall–Kier alpha value is -2.49. The maximum Gasteiger partial charge on any atom is 0.309 e. The normalized spacial score (nSPS) is 36.7. The van der Waals surface area contributed by atoms with E-state index in [9.17, 15) is 19.6 Å². The van der Waals surface area contributed by atoms with Gasteiger partial charge in [0.25, 0.3) is 0 Å². The van der Waals surface area contributed by atoms with Gasteiger partial charge in [0.2, 0.25) is 12.6 Å². The summed E-state index contributed by atoms with van der Waals surface area (Å²) in [5.74, 6) is -2.12. The van der Waals surface area contributed by atoms with E-state index < -0.39 is 47.6 Å². The van der Waals surface area contributed by atoms with Crippen LogP contribution < -0.4 is 0 Å². The van der Waals surface area contributed by atoms with Crippen LogP contribution in [0.1, 0.15) is 73.6 Å². The summed E-state index contributed by atoms with van der Waals surface area (Å²) in [5.41, 5.74) is -0.251. The fraction of sp³-hybridized carbons (Fsp3) is 0.690. The molecule has 1 spiro atoms. The predicted molar refractivity (Wildman–Crippen MR) is 138 cm³/mol. The van der Waals surface area contributed by atoms with Gasteiger partial charge in [-0.05, 0) is 55.4 Å². The van der Waals surface area contributed by atoms with E-state index in [1.807, 2.05) is 13.8 Å². The van der Waals surface area contributed by atoms with Gasteiger partial charge in [-0.2, -0.15) is 0 Å². The molecule has 9 nitrogen and oxygen atoms in total. The number of rotatable bonds is 10. The van der Waals surface area contributed by atoms with Crippen LogP contribution in [-0.4, -0.2) is 48.0 Å². The molecule has 9 heteroatoms. The lowest BCUT2D eigenvalue weighted by Gasteiger charge is -2.60. The number of hydrogen-bond acceptors (Lipinski definition) is 9. The number of carbonyl (C=O) groups is 3. The minimum Gasteiger partial charge on any atom is -0.458 e. The van der Waals surface area contributed by atoms with Crippen molar-refractivity contribution in [1.29, 1.82) is 0 Å². The average Bonchev–Trinajstić information content (AvgIpc) is 3.15. The minimum absolute atomic E-state index is 0.0453. The van der Waals surface area contributed by atoms with Gasteiger partial charge in [0.1, 0.15) is 12.2 Å². The summed E-state index contributed by atoms with van der Waals surface area (Å²) in [6.07, 6.45) is 2.37. The minimum atomic E-state index is -1.21. The molecule has 0 aromatic carbocycles. The molecule has 2 aliphatic carbocycles. The van der Waals surface area contributed by atoms with Crippen LogP contribution in [-0.2, 0) is 38.2 Å². The van der Waals surface area contributed by atoms with Gasteiger partial charge in [-0.1, -0.05) is 52.5 Å². The van der Waals surface area contributed by atoms with E-state index in [-0.39, 0.29) is 23.7 Å². The van der Waals surface area contributed by atoms with Crippen molar-refractivity contribution in [3.05, 3.63) is 36.5 Å². The summed E-state index contributed by atoms with van der Waals surface area (Å²) in [4.78, 5) is 42.3. The molecule has 1 heterocycles. The van der Waals surface area contributed by atoms with Crippen LogP contribution in [0.25, 0.3) is 0 Å². The van der Waals surface area contributed by atoms with Gasteiger partial charge >= 0.3 is 17.9 Å². The Kier molecular flexibility index (Phi) is 9.27.